The number of carbonyl (C=O) groups excluding carboxylic acids is 3. The van der Waals surface area contributed by atoms with Crippen LogP contribution in [-0.2, 0) is 49.0 Å². The Morgan fingerprint density at radius 3 is 2.56 bits per heavy atom. The van der Waals surface area contributed by atoms with Crippen LogP contribution in [0.3, 0.4) is 0 Å². The van der Waals surface area contributed by atoms with Gasteiger partial charge in [-0.25, -0.2) is 0 Å². The molecule has 2 fully saturated rings. The fraction of sp³-hybridized carbons (Fsp3) is 0.410. The summed E-state index contributed by atoms with van der Waals surface area (Å²) in [6.07, 6.45) is 1.58. The number of ether oxygens (including phenoxy) is 3. The van der Waals surface area contributed by atoms with Gasteiger partial charge in [-0.15, -0.1) is 5.10 Å². The first-order valence-electron chi connectivity index (χ1n) is 18.3. The third-order valence-electron chi connectivity index (χ3n) is 11.4. The predicted molar refractivity (Wildman–Crippen MR) is 203 cm³/mol. The summed E-state index contributed by atoms with van der Waals surface area (Å²) in [5.41, 5.74) is 1.03. The van der Waals surface area contributed by atoms with Gasteiger partial charge in [0.25, 0.3) is 11.6 Å². The van der Waals surface area contributed by atoms with E-state index in [1.807, 2.05) is 25.1 Å². The first kappa shape index (κ1) is 37.8. The number of rotatable bonds is 13. The minimum absolute atomic E-state index is 0.0478. The number of aromatic nitrogens is 3. The molecule has 0 radical (unpaired) electrons. The number of β-lactam (4-membered cyclic amide) rings is 1. The number of aliphatic hydroxyl groups excluding tert-OH is 1. The van der Waals surface area contributed by atoms with Crippen molar-refractivity contribution in [3.05, 3.63) is 99.9 Å². The first-order chi connectivity index (χ1) is 26.3. The molecule has 4 aromatic rings. The van der Waals surface area contributed by atoms with E-state index in [0.29, 0.717) is 47.6 Å². The van der Waals surface area contributed by atoms with Gasteiger partial charge >= 0.3 is 5.97 Å². The maximum Gasteiger partial charge on any atom is 0.304 e. The molecule has 3 aliphatic rings. The Morgan fingerprint density at radius 2 is 1.89 bits per heavy atom. The van der Waals surface area contributed by atoms with Crippen LogP contribution in [0.15, 0.2) is 72.9 Å². The normalized spacial score (nSPS) is 23.2. The highest BCUT2D eigenvalue weighted by Crippen LogP contribution is 2.60. The Hall–Kier alpha value is -5.45. The zero-order valence-electron chi connectivity index (χ0n) is 31.4. The van der Waals surface area contributed by atoms with Crippen molar-refractivity contribution in [3.63, 3.8) is 0 Å². The van der Waals surface area contributed by atoms with E-state index in [4.69, 9.17) is 14.2 Å². The van der Waals surface area contributed by atoms with Crippen molar-refractivity contribution in [1.29, 1.82) is 0 Å². The minimum Gasteiger partial charge on any atom is -0.497 e. The highest BCUT2D eigenvalue weighted by molar-refractivity contribution is 6.91. The molecule has 0 bridgehead atoms. The number of aliphatic hydroxyl groups is 1. The number of esters is 1. The van der Waals surface area contributed by atoms with Crippen molar-refractivity contribution < 1.29 is 38.6 Å². The molecule has 1 spiro atoms. The van der Waals surface area contributed by atoms with Crippen LogP contribution in [0.25, 0.3) is 0 Å². The summed E-state index contributed by atoms with van der Waals surface area (Å²) in [6.45, 7) is 8.32. The predicted octanol–water partition coefficient (Wildman–Crippen LogP) is 4.21. The number of hydrogen-bond donors (Lipinski definition) is 1. The Kier molecular flexibility index (Phi) is 10.1. The third-order valence-corrected chi connectivity index (χ3v) is 15.7. The van der Waals surface area contributed by atoms with E-state index in [1.165, 1.54) is 24.0 Å². The number of amides is 2. The van der Waals surface area contributed by atoms with Crippen molar-refractivity contribution in [2.24, 2.45) is 5.92 Å². The quantitative estimate of drug-likeness (QED) is 0.0677. The molecule has 1 aromatic heterocycles. The topological polar surface area (TPSA) is 179 Å². The summed E-state index contributed by atoms with van der Waals surface area (Å²) in [5.74, 6) is -0.687. The van der Waals surface area contributed by atoms with E-state index < -0.39 is 42.8 Å². The Bertz CT molecular complexity index is 2140. The number of carbonyl (C=O) groups is 3. The van der Waals surface area contributed by atoms with E-state index in [9.17, 15) is 24.8 Å². The van der Waals surface area contributed by atoms with Crippen molar-refractivity contribution in [2.75, 3.05) is 23.5 Å². The lowest BCUT2D eigenvalue weighted by Crippen LogP contribution is -2.54. The molecule has 2 saturated heterocycles. The van der Waals surface area contributed by atoms with Crippen LogP contribution < -0.4 is 19.7 Å². The molecule has 15 nitrogen and oxygen atoms in total. The maximum absolute atomic E-state index is 15.2. The average Bonchev–Trinajstić information content (AvgIpc) is 3.80. The van der Waals surface area contributed by atoms with Gasteiger partial charge in [0.15, 0.2) is 11.8 Å². The number of nitrogens with zero attached hydrogens (tertiary/aromatic N) is 6. The number of fused-ring (bicyclic) bond motifs is 2. The molecular weight excluding hydrogens is 725 g/mol. The molecule has 0 saturated carbocycles. The zero-order valence-corrected chi connectivity index (χ0v) is 32.4. The van der Waals surface area contributed by atoms with Crippen LogP contribution >= 0.6 is 0 Å². The maximum atomic E-state index is 15.2. The van der Waals surface area contributed by atoms with Gasteiger partial charge in [-0.1, -0.05) is 54.7 Å². The lowest BCUT2D eigenvalue weighted by atomic mass is 9.82. The van der Waals surface area contributed by atoms with Crippen LogP contribution in [0.5, 0.6) is 5.75 Å². The van der Waals surface area contributed by atoms with E-state index in [-0.39, 0.29) is 42.6 Å². The molecule has 3 aromatic carbocycles. The Morgan fingerprint density at radius 1 is 1.13 bits per heavy atom. The molecule has 1 N–H and O–H groups in total. The summed E-state index contributed by atoms with van der Waals surface area (Å²) in [7, 11) is -0.889. The second kappa shape index (κ2) is 14.7. The molecule has 16 heteroatoms. The van der Waals surface area contributed by atoms with Gasteiger partial charge in [0, 0.05) is 62.0 Å². The third kappa shape index (κ3) is 6.67. The van der Waals surface area contributed by atoms with Gasteiger partial charge in [-0.05, 0) is 47.9 Å². The highest BCUT2D eigenvalue weighted by atomic mass is 28.3. The Balaban J connectivity index is 1.28. The van der Waals surface area contributed by atoms with Crippen molar-refractivity contribution in [2.45, 2.75) is 82.8 Å². The summed E-state index contributed by atoms with van der Waals surface area (Å²) in [4.78, 5) is 54.3. The monoisotopic (exact) mass is 768 g/mol. The standard InChI is InChI=1S/C39H44N6O9Si/c1-24-37(55(4,5)31-12-10-30(52-3)11-13-31)34(15-17-42-23-27(16-18-46)40-41-42)54-39(24)32-20-29(45(50)51)9-14-33(32)43(38(39)49)22-26-7-6-8-28(19-26)44-35(48)21-36(44)53-25(2)47/h6-14,19-20,23-24,34,36-37,46H,15-18,21-22H2,1-5H3/t24-,34+,36?,37-,39+/m1/s1. The summed E-state index contributed by atoms with van der Waals surface area (Å²) >= 11 is 0. The average molecular weight is 769 g/mol. The van der Waals surface area contributed by atoms with E-state index in [0.717, 1.165) is 10.9 Å². The number of methoxy groups -OCH3 is 1. The number of nitro groups is 1. The fourth-order valence-electron chi connectivity index (χ4n) is 8.75. The number of non-ortho nitro benzene ring substituents is 1. The van der Waals surface area contributed by atoms with Crippen LogP contribution in [0.1, 0.15) is 43.5 Å². The molecular formula is C39H44N6O9Si. The second-order valence-corrected chi connectivity index (χ2v) is 19.6. The highest BCUT2D eigenvalue weighted by Gasteiger charge is 2.66. The lowest BCUT2D eigenvalue weighted by molar-refractivity contribution is -0.385. The molecule has 288 valence electrons. The number of benzene rings is 3. The molecule has 55 heavy (non-hydrogen) atoms. The van der Waals surface area contributed by atoms with Gasteiger partial charge < -0.3 is 24.2 Å². The fourth-order valence-corrected chi connectivity index (χ4v) is 12.8. The Labute approximate surface area is 318 Å². The van der Waals surface area contributed by atoms with Crippen LogP contribution in [0.2, 0.25) is 18.6 Å². The van der Waals surface area contributed by atoms with Crippen molar-refractivity contribution >= 4 is 48.1 Å². The van der Waals surface area contributed by atoms with E-state index in [2.05, 4.69) is 35.5 Å². The van der Waals surface area contributed by atoms with Gasteiger partial charge in [-0.3, -0.25) is 34.1 Å². The summed E-state index contributed by atoms with van der Waals surface area (Å²) < 4.78 is 19.6. The molecule has 2 amide bonds. The zero-order chi connectivity index (χ0) is 39.2. The molecule has 3 aliphatic heterocycles. The molecule has 1 unspecified atom stereocenters. The molecule has 4 heterocycles. The number of aryl methyl sites for hydroxylation is 1. The lowest BCUT2D eigenvalue weighted by Gasteiger charge is -2.39. The largest absolute Gasteiger partial charge is 0.497 e. The smallest absolute Gasteiger partial charge is 0.304 e. The minimum atomic E-state index is -2.51. The van der Waals surface area contributed by atoms with Crippen LogP contribution in [-0.4, -0.2) is 76.9 Å². The number of nitro benzene ring substituents is 1. The van der Waals surface area contributed by atoms with Gasteiger partial charge in [0.05, 0.1) is 50.6 Å². The molecule has 7 rings (SSSR count). The first-order valence-corrected chi connectivity index (χ1v) is 21.4. The second-order valence-electron chi connectivity index (χ2n) is 14.9. The van der Waals surface area contributed by atoms with Crippen molar-refractivity contribution in [3.8, 4) is 5.75 Å². The summed E-state index contributed by atoms with van der Waals surface area (Å²) in [6, 6.07) is 19.6. The SMILES string of the molecule is COc1ccc([Si](C)(C)[C@H]2[C@H](CCn3cc(CCO)nn3)O[C@@]3(C(=O)N(Cc4cccc(N5C(=O)CC5OC(C)=O)c4)c4ccc([N+](=O)[O-])cc43)[C@@H]2C)cc1. The van der Waals surface area contributed by atoms with E-state index in [1.54, 1.807) is 47.2 Å². The number of anilines is 2. The van der Waals surface area contributed by atoms with Gasteiger partial charge in [0.1, 0.15) is 5.75 Å². The summed E-state index contributed by atoms with van der Waals surface area (Å²) in [5, 5.41) is 31.2. The number of hydrogen-bond acceptors (Lipinski definition) is 11. The van der Waals surface area contributed by atoms with Gasteiger partial charge in [-0.2, -0.15) is 0 Å². The molecule has 0 aliphatic carbocycles. The molecule has 5 atom stereocenters. The van der Waals surface area contributed by atoms with Gasteiger partial charge in [0.2, 0.25) is 5.91 Å². The van der Waals surface area contributed by atoms with E-state index >= 15 is 4.79 Å². The van der Waals surface area contributed by atoms with Crippen molar-refractivity contribution in [1.82, 2.24) is 15.0 Å². The van der Waals surface area contributed by atoms with Crippen LogP contribution in [0, 0.1) is 16.0 Å². The van der Waals surface area contributed by atoms with Crippen LogP contribution in [0.4, 0.5) is 17.1 Å².